The number of nitro groups is 1. The van der Waals surface area contributed by atoms with E-state index in [1.165, 1.54) is 34.6 Å². The molecule has 3 N–H and O–H groups in total. The van der Waals surface area contributed by atoms with Crippen LogP contribution in [0.3, 0.4) is 0 Å². The maximum Gasteiger partial charge on any atom is 0.283 e. The van der Waals surface area contributed by atoms with Crippen LogP contribution in [-0.2, 0) is 19.6 Å². The van der Waals surface area contributed by atoms with Crippen LogP contribution in [0.15, 0.2) is 52.3 Å². The largest absolute Gasteiger partial charge is 0.379 e. The van der Waals surface area contributed by atoms with Crippen molar-refractivity contribution >= 4 is 45.0 Å². The highest BCUT2D eigenvalue weighted by Gasteiger charge is 2.26. The third kappa shape index (κ3) is 5.62. The highest BCUT2D eigenvalue weighted by atomic mass is 32.2. The van der Waals surface area contributed by atoms with E-state index in [1.54, 1.807) is 6.07 Å². The molecule has 0 spiro atoms. The number of rotatable bonds is 8. The van der Waals surface area contributed by atoms with Crippen molar-refractivity contribution in [2.45, 2.75) is 9.79 Å². The number of primary amides is 1. The number of nitrogens with two attached hydrogens (primary N) is 1. The van der Waals surface area contributed by atoms with Gasteiger partial charge in [-0.15, -0.1) is 11.8 Å². The van der Waals surface area contributed by atoms with Gasteiger partial charge in [0.25, 0.3) is 5.69 Å². The number of carbonyl (C=O) groups is 2. The van der Waals surface area contributed by atoms with Crippen LogP contribution in [0.25, 0.3) is 0 Å². The van der Waals surface area contributed by atoms with Crippen LogP contribution in [0.5, 0.6) is 0 Å². The standard InChI is InChI=1S/C19H20N4O7S2/c20-19(25)13-4-5-17(16(10-13)23(26)27)31-12-18(24)21-14-2-1-3-15(11-14)32(28,29)22-6-8-30-9-7-22/h1-5,10-11H,6-9,12H2,(H2,20,25)(H,21,24). The van der Waals surface area contributed by atoms with Gasteiger partial charge in [0.15, 0.2) is 0 Å². The SMILES string of the molecule is NC(=O)c1ccc(SCC(=O)Nc2cccc(S(=O)(=O)N3CCOCC3)c2)c([N+](=O)[O-])c1. The molecule has 170 valence electrons. The Balaban J connectivity index is 1.68. The number of amides is 2. The third-order valence-electron chi connectivity index (χ3n) is 4.52. The van der Waals surface area contributed by atoms with E-state index in [2.05, 4.69) is 5.32 Å². The van der Waals surface area contributed by atoms with Gasteiger partial charge in [-0.1, -0.05) is 6.07 Å². The van der Waals surface area contributed by atoms with Crippen molar-refractivity contribution in [3.8, 4) is 0 Å². The lowest BCUT2D eigenvalue weighted by Crippen LogP contribution is -2.40. The fraction of sp³-hybridized carbons (Fsp3) is 0.263. The average Bonchev–Trinajstić information content (AvgIpc) is 2.78. The van der Waals surface area contributed by atoms with Crippen LogP contribution >= 0.6 is 11.8 Å². The van der Waals surface area contributed by atoms with Gasteiger partial charge < -0.3 is 15.8 Å². The van der Waals surface area contributed by atoms with Crippen molar-refractivity contribution in [1.29, 1.82) is 0 Å². The molecule has 1 fully saturated rings. The quantitative estimate of drug-likeness (QED) is 0.326. The third-order valence-corrected chi connectivity index (χ3v) is 7.48. The van der Waals surface area contributed by atoms with Crippen LogP contribution in [0, 0.1) is 10.1 Å². The van der Waals surface area contributed by atoms with Crippen molar-refractivity contribution in [1.82, 2.24) is 4.31 Å². The number of nitrogens with zero attached hydrogens (tertiary/aromatic N) is 2. The number of ether oxygens (including phenoxy) is 1. The van der Waals surface area contributed by atoms with E-state index in [9.17, 15) is 28.1 Å². The van der Waals surface area contributed by atoms with Crippen LogP contribution in [0.1, 0.15) is 10.4 Å². The fourth-order valence-electron chi connectivity index (χ4n) is 2.95. The maximum atomic E-state index is 12.8. The molecule has 1 heterocycles. The zero-order valence-corrected chi connectivity index (χ0v) is 18.4. The van der Waals surface area contributed by atoms with Crippen molar-refractivity contribution in [2.75, 3.05) is 37.4 Å². The monoisotopic (exact) mass is 480 g/mol. The first kappa shape index (κ1) is 23.7. The maximum absolute atomic E-state index is 12.8. The van der Waals surface area contributed by atoms with Crippen molar-refractivity contribution < 1.29 is 27.7 Å². The molecule has 0 aromatic heterocycles. The first-order chi connectivity index (χ1) is 15.2. The van der Waals surface area contributed by atoms with E-state index >= 15 is 0 Å². The number of morpholine rings is 1. The predicted octanol–water partition coefficient (Wildman–Crippen LogP) is 1.45. The predicted molar refractivity (Wildman–Crippen MR) is 117 cm³/mol. The minimum Gasteiger partial charge on any atom is -0.379 e. The summed E-state index contributed by atoms with van der Waals surface area (Å²) in [5.74, 6) is -1.45. The normalized spacial score (nSPS) is 14.6. The molecular weight excluding hydrogens is 460 g/mol. The number of carbonyl (C=O) groups excluding carboxylic acids is 2. The van der Waals surface area contributed by atoms with Gasteiger partial charge in [0.05, 0.1) is 33.7 Å². The highest BCUT2D eigenvalue weighted by molar-refractivity contribution is 8.00. The van der Waals surface area contributed by atoms with Crippen LogP contribution in [0.4, 0.5) is 11.4 Å². The second-order valence-electron chi connectivity index (χ2n) is 6.69. The fourth-order valence-corrected chi connectivity index (χ4v) is 5.20. The Morgan fingerprint density at radius 2 is 1.91 bits per heavy atom. The molecule has 0 unspecified atom stereocenters. The molecule has 0 bridgehead atoms. The van der Waals surface area contributed by atoms with E-state index in [0.717, 1.165) is 17.8 Å². The number of hydrogen-bond acceptors (Lipinski definition) is 8. The summed E-state index contributed by atoms with van der Waals surface area (Å²) in [6.45, 7) is 1.14. The van der Waals surface area contributed by atoms with Gasteiger partial charge in [0.2, 0.25) is 21.8 Å². The Morgan fingerprint density at radius 1 is 1.19 bits per heavy atom. The smallest absolute Gasteiger partial charge is 0.283 e. The summed E-state index contributed by atoms with van der Waals surface area (Å²) in [5, 5.41) is 13.9. The second kappa shape index (κ2) is 10.1. The van der Waals surface area contributed by atoms with E-state index in [4.69, 9.17) is 10.5 Å². The number of hydrogen-bond donors (Lipinski definition) is 2. The molecular formula is C19H20N4O7S2. The van der Waals surface area contributed by atoms with Crippen molar-refractivity contribution in [3.05, 3.63) is 58.1 Å². The topological polar surface area (TPSA) is 162 Å². The molecule has 1 saturated heterocycles. The number of sulfonamides is 1. The molecule has 11 nitrogen and oxygen atoms in total. The van der Waals surface area contributed by atoms with Gasteiger partial charge in [-0.05, 0) is 30.3 Å². The number of nitrogens with one attached hydrogen (secondary N) is 1. The lowest BCUT2D eigenvalue weighted by atomic mass is 10.2. The Morgan fingerprint density at radius 3 is 2.56 bits per heavy atom. The molecule has 0 radical (unpaired) electrons. The van der Waals surface area contributed by atoms with E-state index in [1.807, 2.05) is 0 Å². The molecule has 2 amide bonds. The van der Waals surface area contributed by atoms with Gasteiger partial charge in [0.1, 0.15) is 0 Å². The molecule has 1 aliphatic rings. The lowest BCUT2D eigenvalue weighted by Gasteiger charge is -2.26. The first-order valence-corrected chi connectivity index (χ1v) is 11.8. The average molecular weight is 481 g/mol. The summed E-state index contributed by atoms with van der Waals surface area (Å²) in [6, 6.07) is 9.62. The van der Waals surface area contributed by atoms with Gasteiger partial charge in [-0.3, -0.25) is 19.7 Å². The Bertz CT molecular complexity index is 1150. The molecule has 0 aliphatic carbocycles. The molecule has 3 rings (SSSR count). The molecule has 2 aromatic rings. The van der Waals surface area contributed by atoms with E-state index < -0.39 is 26.8 Å². The molecule has 32 heavy (non-hydrogen) atoms. The summed E-state index contributed by atoms with van der Waals surface area (Å²) in [7, 11) is -3.72. The van der Waals surface area contributed by atoms with Crippen molar-refractivity contribution in [2.24, 2.45) is 5.73 Å². The summed E-state index contributed by atoms with van der Waals surface area (Å²) in [5.41, 5.74) is 5.08. The number of anilines is 1. The first-order valence-electron chi connectivity index (χ1n) is 9.37. The summed E-state index contributed by atoms with van der Waals surface area (Å²) in [4.78, 5) is 34.4. The zero-order valence-electron chi connectivity index (χ0n) is 16.7. The van der Waals surface area contributed by atoms with E-state index in [0.29, 0.717) is 13.2 Å². The molecule has 13 heteroatoms. The minimum atomic E-state index is -3.72. The molecule has 0 saturated carbocycles. The van der Waals surface area contributed by atoms with Crippen LogP contribution in [-0.4, -0.2) is 61.5 Å². The minimum absolute atomic E-state index is 0.0104. The van der Waals surface area contributed by atoms with E-state index in [-0.39, 0.29) is 45.6 Å². The summed E-state index contributed by atoms with van der Waals surface area (Å²) >= 11 is 0.909. The number of thioether (sulfide) groups is 1. The Labute approximate surface area is 188 Å². The molecule has 2 aromatic carbocycles. The number of benzene rings is 2. The van der Waals surface area contributed by atoms with Gasteiger partial charge in [-0.2, -0.15) is 4.31 Å². The zero-order chi connectivity index (χ0) is 23.3. The van der Waals surface area contributed by atoms with Gasteiger partial charge >= 0.3 is 0 Å². The molecule has 0 atom stereocenters. The van der Waals surface area contributed by atoms with Gasteiger partial charge in [0, 0.05) is 30.4 Å². The Kier molecular flexibility index (Phi) is 7.45. The lowest BCUT2D eigenvalue weighted by molar-refractivity contribution is -0.387. The summed E-state index contributed by atoms with van der Waals surface area (Å²) in [6.07, 6.45) is 0. The van der Waals surface area contributed by atoms with Crippen molar-refractivity contribution in [3.63, 3.8) is 0 Å². The second-order valence-corrected chi connectivity index (χ2v) is 9.64. The summed E-state index contributed by atoms with van der Waals surface area (Å²) < 4.78 is 32.0. The number of nitro benzene ring substituents is 1. The molecule has 1 aliphatic heterocycles. The highest BCUT2D eigenvalue weighted by Crippen LogP contribution is 2.30. The van der Waals surface area contributed by atoms with Crippen LogP contribution in [0.2, 0.25) is 0 Å². The Hall–Kier alpha value is -3.00. The van der Waals surface area contributed by atoms with Gasteiger partial charge in [-0.25, -0.2) is 8.42 Å². The van der Waals surface area contributed by atoms with Crippen LogP contribution < -0.4 is 11.1 Å².